The van der Waals surface area contributed by atoms with Crippen LogP contribution in [0.1, 0.15) is 21.7 Å². The number of fused-ring (bicyclic) bond motifs is 1. The Balaban J connectivity index is 1.48. The lowest BCUT2D eigenvalue weighted by atomic mass is 10.1. The zero-order valence-electron chi connectivity index (χ0n) is 13.4. The Morgan fingerprint density at radius 2 is 2.29 bits per heavy atom. The number of nitrogens with zero attached hydrogens (tertiary/aromatic N) is 2. The number of ether oxygens (including phenoxy) is 1. The first kappa shape index (κ1) is 14.6. The molecule has 6 nitrogen and oxygen atoms in total. The van der Waals surface area contributed by atoms with Crippen LogP contribution in [0, 0.1) is 0 Å². The van der Waals surface area contributed by atoms with E-state index in [9.17, 15) is 4.79 Å². The smallest absolute Gasteiger partial charge is 0.269 e. The van der Waals surface area contributed by atoms with E-state index >= 15 is 0 Å². The van der Waals surface area contributed by atoms with Crippen molar-refractivity contribution in [3.8, 4) is 17.0 Å². The minimum absolute atomic E-state index is 0.167. The summed E-state index contributed by atoms with van der Waals surface area (Å²) >= 11 is 0. The highest BCUT2D eigenvalue weighted by Gasteiger charge is 2.15. The minimum Gasteiger partial charge on any atom is -0.493 e. The summed E-state index contributed by atoms with van der Waals surface area (Å²) in [4.78, 5) is 12.3. The summed E-state index contributed by atoms with van der Waals surface area (Å²) < 4.78 is 7.49. The van der Waals surface area contributed by atoms with Crippen LogP contribution in [-0.4, -0.2) is 27.3 Å². The molecule has 1 aliphatic rings. The van der Waals surface area contributed by atoms with Gasteiger partial charge in [-0.25, -0.2) is 0 Å². The van der Waals surface area contributed by atoms with Crippen molar-refractivity contribution < 1.29 is 9.53 Å². The highest BCUT2D eigenvalue weighted by Crippen LogP contribution is 2.29. The Morgan fingerprint density at radius 1 is 1.38 bits per heavy atom. The minimum atomic E-state index is -0.167. The highest BCUT2D eigenvalue weighted by molar-refractivity contribution is 5.93. The predicted molar refractivity (Wildman–Crippen MR) is 89.8 cm³/mol. The number of aromatic amines is 1. The number of rotatable bonds is 4. The lowest BCUT2D eigenvalue weighted by molar-refractivity contribution is 0.0945. The number of aryl methyl sites for hydroxylation is 1. The van der Waals surface area contributed by atoms with Crippen molar-refractivity contribution in [3.63, 3.8) is 0 Å². The van der Waals surface area contributed by atoms with Crippen LogP contribution in [0.2, 0.25) is 0 Å². The summed E-state index contributed by atoms with van der Waals surface area (Å²) in [5.41, 5.74) is 4.42. The zero-order chi connectivity index (χ0) is 16.5. The highest BCUT2D eigenvalue weighted by atomic mass is 16.5. The van der Waals surface area contributed by atoms with Gasteiger partial charge in [0.2, 0.25) is 0 Å². The van der Waals surface area contributed by atoms with Crippen LogP contribution in [0.5, 0.6) is 5.75 Å². The number of aromatic nitrogens is 3. The molecule has 3 heterocycles. The van der Waals surface area contributed by atoms with Gasteiger partial charge in [-0.2, -0.15) is 5.10 Å². The molecular weight excluding hydrogens is 304 g/mol. The van der Waals surface area contributed by atoms with Crippen LogP contribution in [0.4, 0.5) is 0 Å². The van der Waals surface area contributed by atoms with E-state index < -0.39 is 0 Å². The molecule has 2 aromatic heterocycles. The predicted octanol–water partition coefficient (Wildman–Crippen LogP) is 2.28. The number of amides is 1. The number of benzene rings is 1. The van der Waals surface area contributed by atoms with Gasteiger partial charge >= 0.3 is 0 Å². The largest absolute Gasteiger partial charge is 0.493 e. The van der Waals surface area contributed by atoms with E-state index in [2.05, 4.69) is 21.6 Å². The fraction of sp³-hybridized carbons (Fsp3) is 0.222. The first-order valence-corrected chi connectivity index (χ1v) is 7.90. The molecule has 6 heteroatoms. The molecule has 122 valence electrons. The Kier molecular flexibility index (Phi) is 3.57. The van der Waals surface area contributed by atoms with Crippen LogP contribution in [-0.2, 0) is 20.0 Å². The first-order valence-electron chi connectivity index (χ1n) is 7.90. The van der Waals surface area contributed by atoms with Crippen molar-refractivity contribution in [3.05, 3.63) is 59.5 Å². The number of nitrogens with one attached hydrogen (secondary N) is 2. The molecule has 3 aromatic rings. The molecule has 0 spiro atoms. The third-order valence-electron chi connectivity index (χ3n) is 4.29. The maximum absolute atomic E-state index is 12.3. The molecule has 0 aliphatic carbocycles. The summed E-state index contributed by atoms with van der Waals surface area (Å²) in [6.07, 6.45) is 2.87. The molecule has 24 heavy (non-hydrogen) atoms. The summed E-state index contributed by atoms with van der Waals surface area (Å²) in [7, 11) is 1.95. The van der Waals surface area contributed by atoms with Crippen LogP contribution >= 0.6 is 0 Å². The Hall–Kier alpha value is -3.02. The number of hydrogen-bond donors (Lipinski definition) is 2. The van der Waals surface area contributed by atoms with E-state index in [1.165, 1.54) is 5.56 Å². The van der Waals surface area contributed by atoms with Gasteiger partial charge in [0.05, 0.1) is 18.8 Å². The summed E-state index contributed by atoms with van der Waals surface area (Å²) in [6, 6.07) is 11.7. The van der Waals surface area contributed by atoms with E-state index in [1.807, 2.05) is 42.1 Å². The summed E-state index contributed by atoms with van der Waals surface area (Å²) in [5, 5.41) is 9.98. The Morgan fingerprint density at radius 3 is 3.12 bits per heavy atom. The third kappa shape index (κ3) is 2.67. The van der Waals surface area contributed by atoms with Crippen molar-refractivity contribution in [1.29, 1.82) is 0 Å². The summed E-state index contributed by atoms with van der Waals surface area (Å²) in [6.45, 7) is 1.21. The second-order valence-electron chi connectivity index (χ2n) is 5.88. The standard InChI is InChI=1S/C18H18N4O2/c1-22-7-2-3-14(22)11-19-18(23)16-10-15(20-21-16)12-4-5-17-13(9-12)6-8-24-17/h2-5,7,9-10H,6,8,11H2,1H3,(H,19,23)(H,20,21). The second kappa shape index (κ2) is 5.88. The van der Waals surface area contributed by atoms with E-state index in [0.717, 1.165) is 35.7 Å². The van der Waals surface area contributed by atoms with Crippen LogP contribution in [0.25, 0.3) is 11.3 Å². The first-order chi connectivity index (χ1) is 11.7. The number of hydrogen-bond acceptors (Lipinski definition) is 3. The SMILES string of the molecule is Cn1cccc1CNC(=O)c1cc(-c2ccc3c(c2)CCO3)n[nH]1. The van der Waals surface area contributed by atoms with E-state index in [1.54, 1.807) is 6.07 Å². The third-order valence-corrected chi connectivity index (χ3v) is 4.29. The molecule has 1 aromatic carbocycles. The lowest BCUT2D eigenvalue weighted by Crippen LogP contribution is -2.24. The van der Waals surface area contributed by atoms with E-state index in [4.69, 9.17) is 4.74 Å². The topological polar surface area (TPSA) is 71.9 Å². The van der Waals surface area contributed by atoms with Gasteiger partial charge < -0.3 is 14.6 Å². The van der Waals surface area contributed by atoms with Gasteiger partial charge in [-0.1, -0.05) is 0 Å². The van der Waals surface area contributed by atoms with Crippen molar-refractivity contribution in [2.45, 2.75) is 13.0 Å². The fourth-order valence-corrected chi connectivity index (χ4v) is 2.88. The van der Waals surface area contributed by atoms with E-state index in [0.29, 0.717) is 12.2 Å². The normalized spacial score (nSPS) is 12.7. The lowest BCUT2D eigenvalue weighted by Gasteiger charge is -2.04. The maximum Gasteiger partial charge on any atom is 0.269 e. The number of H-pyrrole nitrogens is 1. The second-order valence-corrected chi connectivity index (χ2v) is 5.88. The molecule has 1 amide bonds. The molecule has 0 unspecified atom stereocenters. The molecule has 0 saturated heterocycles. The summed E-state index contributed by atoms with van der Waals surface area (Å²) in [5.74, 6) is 0.772. The van der Waals surface area contributed by atoms with Gasteiger partial charge in [-0.15, -0.1) is 0 Å². The maximum atomic E-state index is 12.3. The van der Waals surface area contributed by atoms with Crippen molar-refractivity contribution in [2.24, 2.45) is 7.05 Å². The molecule has 1 aliphatic heterocycles. The molecule has 2 N–H and O–H groups in total. The molecule has 0 atom stereocenters. The number of carbonyl (C=O) groups is 1. The molecule has 0 fully saturated rings. The number of carbonyl (C=O) groups excluding carboxylic acids is 1. The van der Waals surface area contributed by atoms with Crippen molar-refractivity contribution in [2.75, 3.05) is 6.61 Å². The molecule has 4 rings (SSSR count). The monoisotopic (exact) mass is 322 g/mol. The molecule has 0 radical (unpaired) electrons. The van der Waals surface area contributed by atoms with Crippen LogP contribution in [0.15, 0.2) is 42.6 Å². The van der Waals surface area contributed by atoms with Crippen LogP contribution in [0.3, 0.4) is 0 Å². The fourth-order valence-electron chi connectivity index (χ4n) is 2.88. The van der Waals surface area contributed by atoms with Crippen molar-refractivity contribution >= 4 is 5.91 Å². The average Bonchev–Trinajstić information content (AvgIpc) is 3.32. The van der Waals surface area contributed by atoms with Gasteiger partial charge in [0.15, 0.2) is 0 Å². The van der Waals surface area contributed by atoms with Crippen LogP contribution < -0.4 is 10.1 Å². The Bertz CT molecular complexity index is 894. The van der Waals surface area contributed by atoms with E-state index in [-0.39, 0.29) is 5.91 Å². The zero-order valence-corrected chi connectivity index (χ0v) is 13.4. The van der Waals surface area contributed by atoms with Gasteiger partial charge in [-0.05, 0) is 42.0 Å². The van der Waals surface area contributed by atoms with Gasteiger partial charge in [0, 0.05) is 30.9 Å². The van der Waals surface area contributed by atoms with Gasteiger partial charge in [0.1, 0.15) is 11.4 Å². The quantitative estimate of drug-likeness (QED) is 0.774. The van der Waals surface area contributed by atoms with Gasteiger partial charge in [-0.3, -0.25) is 9.89 Å². The molecular formula is C18H18N4O2. The molecule has 0 bridgehead atoms. The molecule has 0 saturated carbocycles. The Labute approximate surface area is 139 Å². The van der Waals surface area contributed by atoms with Gasteiger partial charge in [0.25, 0.3) is 5.91 Å². The average molecular weight is 322 g/mol. The van der Waals surface area contributed by atoms with Crippen molar-refractivity contribution in [1.82, 2.24) is 20.1 Å².